The van der Waals surface area contributed by atoms with E-state index in [0.29, 0.717) is 17.9 Å². The molecule has 0 saturated carbocycles. The van der Waals surface area contributed by atoms with Gasteiger partial charge in [-0.3, -0.25) is 4.79 Å². The molecule has 0 bridgehead atoms. The summed E-state index contributed by atoms with van der Waals surface area (Å²) in [6, 6.07) is 10.4. The van der Waals surface area contributed by atoms with Crippen LogP contribution in [-0.4, -0.2) is 25.0 Å². The zero-order valence-electron chi connectivity index (χ0n) is 12.7. The average Bonchev–Trinajstić information content (AvgIpc) is 2.42. The third-order valence-corrected chi connectivity index (χ3v) is 4.22. The molecule has 0 aliphatic carbocycles. The highest BCUT2D eigenvalue weighted by Crippen LogP contribution is 2.25. The van der Waals surface area contributed by atoms with Crippen molar-refractivity contribution in [3.63, 3.8) is 0 Å². The van der Waals surface area contributed by atoms with Gasteiger partial charge in [0.25, 0.3) is 0 Å². The fourth-order valence-electron chi connectivity index (χ4n) is 3.00. The highest BCUT2D eigenvalue weighted by molar-refractivity contribution is 5.84. The lowest BCUT2D eigenvalue weighted by Crippen LogP contribution is -2.49. The Balaban J connectivity index is 2.08. The van der Waals surface area contributed by atoms with Gasteiger partial charge >= 0.3 is 0 Å². The first-order chi connectivity index (χ1) is 9.59. The lowest BCUT2D eigenvalue weighted by Gasteiger charge is -2.32. The van der Waals surface area contributed by atoms with E-state index in [-0.39, 0.29) is 11.8 Å². The van der Waals surface area contributed by atoms with E-state index in [9.17, 15) is 4.79 Å². The molecule has 3 unspecified atom stereocenters. The minimum Gasteiger partial charge on any atom is -0.352 e. The topological polar surface area (TPSA) is 41.1 Å². The number of carbonyl (C=O) groups excluding carboxylic acids is 1. The number of benzene rings is 1. The van der Waals surface area contributed by atoms with Crippen LogP contribution in [-0.2, 0) is 4.79 Å². The minimum absolute atomic E-state index is 0.0571. The summed E-state index contributed by atoms with van der Waals surface area (Å²) in [6.45, 7) is 8.41. The Labute approximate surface area is 122 Å². The van der Waals surface area contributed by atoms with Crippen LogP contribution in [0, 0.1) is 11.8 Å². The lowest BCUT2D eigenvalue weighted by molar-refractivity contribution is -0.124. The maximum absolute atomic E-state index is 12.7. The molecule has 1 heterocycles. The Kier molecular flexibility index (Phi) is 5.18. The number of piperidine rings is 1. The number of rotatable bonds is 4. The fourth-order valence-corrected chi connectivity index (χ4v) is 3.00. The summed E-state index contributed by atoms with van der Waals surface area (Å²) in [6.07, 6.45) is 1.02. The van der Waals surface area contributed by atoms with Gasteiger partial charge in [0.1, 0.15) is 0 Å². The molecule has 2 rings (SSSR count). The first-order valence-electron chi connectivity index (χ1n) is 7.65. The standard InChI is InChI=1S/C17H26N2O/c1-12(2)16(14-7-5-4-6-8-14)17(20)19-15-9-10-18-11-13(15)3/h4-8,12-13,15-16,18H,9-11H2,1-3H3,(H,19,20). The van der Waals surface area contributed by atoms with Crippen LogP contribution < -0.4 is 10.6 Å². The number of nitrogens with one attached hydrogen (secondary N) is 2. The van der Waals surface area contributed by atoms with E-state index < -0.39 is 0 Å². The number of amides is 1. The molecule has 0 radical (unpaired) electrons. The molecule has 2 N–H and O–H groups in total. The van der Waals surface area contributed by atoms with Gasteiger partial charge < -0.3 is 10.6 Å². The van der Waals surface area contributed by atoms with E-state index in [1.54, 1.807) is 0 Å². The summed E-state index contributed by atoms with van der Waals surface area (Å²) in [5.74, 6) is 0.911. The Hall–Kier alpha value is -1.35. The number of hydrogen-bond acceptors (Lipinski definition) is 2. The molecule has 0 aromatic heterocycles. The van der Waals surface area contributed by atoms with Crippen LogP contribution in [0.5, 0.6) is 0 Å². The first-order valence-corrected chi connectivity index (χ1v) is 7.65. The Morgan fingerprint density at radius 3 is 2.60 bits per heavy atom. The summed E-state index contributed by atoms with van der Waals surface area (Å²) in [7, 11) is 0. The van der Waals surface area contributed by atoms with E-state index in [1.165, 1.54) is 0 Å². The molecule has 3 atom stereocenters. The summed E-state index contributed by atoms with van der Waals surface area (Å²) in [5.41, 5.74) is 1.11. The highest BCUT2D eigenvalue weighted by Gasteiger charge is 2.28. The summed E-state index contributed by atoms with van der Waals surface area (Å²) in [5, 5.41) is 6.64. The third-order valence-electron chi connectivity index (χ3n) is 4.22. The van der Waals surface area contributed by atoms with E-state index in [1.807, 2.05) is 18.2 Å². The SMILES string of the molecule is CC(C)C(C(=O)NC1CCNCC1C)c1ccccc1. The van der Waals surface area contributed by atoms with Crippen LogP contribution in [0.1, 0.15) is 38.7 Å². The molecule has 3 nitrogen and oxygen atoms in total. The molecule has 1 saturated heterocycles. The van der Waals surface area contributed by atoms with Crippen molar-refractivity contribution in [2.24, 2.45) is 11.8 Å². The van der Waals surface area contributed by atoms with Gasteiger partial charge in [-0.05, 0) is 36.9 Å². The molecular formula is C17H26N2O. The largest absolute Gasteiger partial charge is 0.352 e. The van der Waals surface area contributed by atoms with E-state index in [0.717, 1.165) is 25.1 Å². The monoisotopic (exact) mass is 274 g/mol. The van der Waals surface area contributed by atoms with Crippen LogP contribution >= 0.6 is 0 Å². The highest BCUT2D eigenvalue weighted by atomic mass is 16.2. The van der Waals surface area contributed by atoms with Crippen molar-refractivity contribution in [1.29, 1.82) is 0 Å². The van der Waals surface area contributed by atoms with Crippen LogP contribution in [0.4, 0.5) is 0 Å². The zero-order chi connectivity index (χ0) is 14.5. The molecule has 20 heavy (non-hydrogen) atoms. The second-order valence-corrected chi connectivity index (χ2v) is 6.22. The molecule has 1 aromatic rings. The molecular weight excluding hydrogens is 248 g/mol. The third kappa shape index (κ3) is 3.60. The lowest BCUT2D eigenvalue weighted by atomic mass is 9.86. The van der Waals surface area contributed by atoms with Crippen molar-refractivity contribution in [2.75, 3.05) is 13.1 Å². The second-order valence-electron chi connectivity index (χ2n) is 6.22. The maximum atomic E-state index is 12.7. The molecule has 1 aliphatic rings. The van der Waals surface area contributed by atoms with Crippen LogP contribution in [0.2, 0.25) is 0 Å². The summed E-state index contributed by atoms with van der Waals surface area (Å²) < 4.78 is 0. The van der Waals surface area contributed by atoms with E-state index in [2.05, 4.69) is 43.5 Å². The molecule has 1 fully saturated rings. The molecule has 1 amide bonds. The van der Waals surface area contributed by atoms with Crippen molar-refractivity contribution in [1.82, 2.24) is 10.6 Å². The molecule has 1 aromatic carbocycles. The predicted molar refractivity (Wildman–Crippen MR) is 82.6 cm³/mol. The van der Waals surface area contributed by atoms with Gasteiger partial charge in [-0.25, -0.2) is 0 Å². The maximum Gasteiger partial charge on any atom is 0.228 e. The van der Waals surface area contributed by atoms with Gasteiger partial charge in [-0.1, -0.05) is 51.1 Å². The molecule has 1 aliphatic heterocycles. The van der Waals surface area contributed by atoms with Crippen LogP contribution in [0.3, 0.4) is 0 Å². The second kappa shape index (κ2) is 6.89. The van der Waals surface area contributed by atoms with E-state index >= 15 is 0 Å². The Morgan fingerprint density at radius 1 is 1.30 bits per heavy atom. The van der Waals surface area contributed by atoms with Gasteiger partial charge in [0.05, 0.1) is 5.92 Å². The van der Waals surface area contributed by atoms with Crippen molar-refractivity contribution in [2.45, 2.75) is 39.2 Å². The minimum atomic E-state index is -0.0571. The summed E-state index contributed by atoms with van der Waals surface area (Å²) >= 11 is 0. The van der Waals surface area contributed by atoms with Gasteiger partial charge in [-0.2, -0.15) is 0 Å². The normalized spacial score (nSPS) is 24.4. The van der Waals surface area contributed by atoms with Crippen molar-refractivity contribution in [3.8, 4) is 0 Å². The van der Waals surface area contributed by atoms with Crippen LogP contribution in [0.25, 0.3) is 0 Å². The van der Waals surface area contributed by atoms with Crippen LogP contribution in [0.15, 0.2) is 30.3 Å². The van der Waals surface area contributed by atoms with Crippen molar-refractivity contribution >= 4 is 5.91 Å². The fraction of sp³-hybridized carbons (Fsp3) is 0.588. The smallest absolute Gasteiger partial charge is 0.228 e. The number of carbonyl (C=O) groups is 1. The van der Waals surface area contributed by atoms with Gasteiger partial charge in [0, 0.05) is 6.04 Å². The Bertz CT molecular complexity index is 430. The quantitative estimate of drug-likeness (QED) is 0.886. The van der Waals surface area contributed by atoms with E-state index in [4.69, 9.17) is 0 Å². The number of hydrogen-bond donors (Lipinski definition) is 2. The van der Waals surface area contributed by atoms with Gasteiger partial charge in [0.2, 0.25) is 5.91 Å². The van der Waals surface area contributed by atoms with Gasteiger partial charge in [0.15, 0.2) is 0 Å². The average molecular weight is 274 g/mol. The predicted octanol–water partition coefficient (Wildman–Crippen LogP) is 2.54. The van der Waals surface area contributed by atoms with Crippen molar-refractivity contribution < 1.29 is 4.79 Å². The van der Waals surface area contributed by atoms with Gasteiger partial charge in [-0.15, -0.1) is 0 Å². The molecule has 3 heteroatoms. The molecule has 0 spiro atoms. The Morgan fingerprint density at radius 2 is 2.00 bits per heavy atom. The molecule has 110 valence electrons. The first kappa shape index (κ1) is 15.0. The zero-order valence-corrected chi connectivity index (χ0v) is 12.7. The summed E-state index contributed by atoms with van der Waals surface area (Å²) in [4.78, 5) is 12.7. The van der Waals surface area contributed by atoms with Crippen molar-refractivity contribution in [3.05, 3.63) is 35.9 Å².